The number of ether oxygens (including phenoxy) is 2. The van der Waals surface area contributed by atoms with E-state index in [1.165, 1.54) is 36.4 Å². The quantitative estimate of drug-likeness (QED) is 0.310. The van der Waals surface area contributed by atoms with E-state index in [0.29, 0.717) is 27.4 Å². The lowest BCUT2D eigenvalue weighted by Crippen LogP contribution is -2.35. The van der Waals surface area contributed by atoms with Gasteiger partial charge in [-0.2, -0.15) is 0 Å². The van der Waals surface area contributed by atoms with Crippen molar-refractivity contribution in [2.45, 2.75) is 20.0 Å². The maximum atomic E-state index is 12.7. The van der Waals surface area contributed by atoms with Gasteiger partial charge >= 0.3 is 11.9 Å². The van der Waals surface area contributed by atoms with E-state index in [2.05, 4.69) is 0 Å². The van der Waals surface area contributed by atoms with Gasteiger partial charge in [-0.1, -0.05) is 23.2 Å². The summed E-state index contributed by atoms with van der Waals surface area (Å²) in [5.41, 5.74) is 0.592. The number of hydrogen-bond donors (Lipinski definition) is 0. The van der Waals surface area contributed by atoms with Crippen LogP contribution in [-0.2, 0) is 14.3 Å². The van der Waals surface area contributed by atoms with Gasteiger partial charge in [0, 0.05) is 15.6 Å². The third kappa shape index (κ3) is 5.91. The Morgan fingerprint density at radius 3 is 2.38 bits per heavy atom. The van der Waals surface area contributed by atoms with E-state index in [-0.39, 0.29) is 22.3 Å². The third-order valence-electron chi connectivity index (χ3n) is 4.07. The highest BCUT2D eigenvalue weighted by Gasteiger charge is 2.37. The predicted molar refractivity (Wildman–Crippen MR) is 122 cm³/mol. The molecule has 0 radical (unpaired) electrons. The van der Waals surface area contributed by atoms with Crippen LogP contribution in [0.3, 0.4) is 0 Å². The summed E-state index contributed by atoms with van der Waals surface area (Å²) in [5.74, 6) is -1.84. The number of esters is 2. The summed E-state index contributed by atoms with van der Waals surface area (Å²) in [6.45, 7) is 2.84. The molecule has 1 heterocycles. The van der Waals surface area contributed by atoms with Gasteiger partial charge in [0.15, 0.2) is 0 Å². The SMILES string of the molecule is CC(C)OC(=O)CN1C(=O)S/C(=C\c2cc(Cl)ccc2OC(=O)c2ccc(Cl)cc2)C1=O. The number of imide groups is 1. The van der Waals surface area contributed by atoms with Crippen molar-refractivity contribution >= 4 is 64.1 Å². The zero-order valence-corrected chi connectivity index (χ0v) is 19.3. The van der Waals surface area contributed by atoms with Gasteiger partial charge in [-0.25, -0.2) is 4.79 Å². The summed E-state index contributed by atoms with van der Waals surface area (Å²) in [6.07, 6.45) is 1.01. The maximum Gasteiger partial charge on any atom is 0.343 e. The summed E-state index contributed by atoms with van der Waals surface area (Å²) in [7, 11) is 0. The Hall–Kier alpha value is -2.81. The van der Waals surface area contributed by atoms with Gasteiger partial charge in [0.2, 0.25) is 0 Å². The second-order valence-electron chi connectivity index (χ2n) is 6.89. The second kappa shape index (κ2) is 10.2. The molecule has 0 unspecified atom stereocenters. The van der Waals surface area contributed by atoms with Crippen molar-refractivity contribution in [1.29, 1.82) is 0 Å². The van der Waals surface area contributed by atoms with Crippen molar-refractivity contribution in [2.75, 3.05) is 6.54 Å². The van der Waals surface area contributed by atoms with Crippen molar-refractivity contribution in [3.63, 3.8) is 0 Å². The molecule has 0 atom stereocenters. The Balaban J connectivity index is 1.83. The van der Waals surface area contributed by atoms with Crippen molar-refractivity contribution in [3.05, 3.63) is 68.5 Å². The standard InChI is InChI=1S/C22H17Cl2NO6S/c1-12(2)30-19(26)11-25-20(27)18(32-22(25)29)10-14-9-16(24)7-8-17(14)31-21(28)13-3-5-15(23)6-4-13/h3-10,12H,11H2,1-2H3/b18-10-. The second-order valence-corrected chi connectivity index (χ2v) is 8.75. The van der Waals surface area contributed by atoms with Crippen LogP contribution in [0.25, 0.3) is 6.08 Å². The van der Waals surface area contributed by atoms with E-state index in [0.717, 1.165) is 4.90 Å². The molecule has 3 rings (SSSR count). The minimum atomic E-state index is -0.691. The minimum Gasteiger partial charge on any atom is -0.462 e. The van der Waals surface area contributed by atoms with Crippen molar-refractivity contribution in [2.24, 2.45) is 0 Å². The zero-order valence-electron chi connectivity index (χ0n) is 17.0. The van der Waals surface area contributed by atoms with E-state index in [9.17, 15) is 19.2 Å². The molecule has 166 valence electrons. The van der Waals surface area contributed by atoms with Crippen LogP contribution in [0.5, 0.6) is 5.75 Å². The first-order valence-electron chi connectivity index (χ1n) is 9.36. The average molecular weight is 494 g/mol. The summed E-state index contributed by atoms with van der Waals surface area (Å²) in [6, 6.07) is 10.6. The molecule has 10 heteroatoms. The fraction of sp³-hybridized carbons (Fsp3) is 0.182. The lowest BCUT2D eigenvalue weighted by Gasteiger charge is -2.13. The van der Waals surface area contributed by atoms with Crippen molar-refractivity contribution in [3.8, 4) is 5.75 Å². The number of thioether (sulfide) groups is 1. The Labute approximate surface area is 198 Å². The lowest BCUT2D eigenvalue weighted by atomic mass is 10.1. The van der Waals surface area contributed by atoms with E-state index >= 15 is 0 Å². The maximum absolute atomic E-state index is 12.7. The Bertz CT molecular complexity index is 1110. The molecule has 0 bridgehead atoms. The van der Waals surface area contributed by atoms with Gasteiger partial charge in [0.1, 0.15) is 12.3 Å². The van der Waals surface area contributed by atoms with Gasteiger partial charge in [0.05, 0.1) is 16.6 Å². The summed E-state index contributed by atoms with van der Waals surface area (Å²) in [4.78, 5) is 50.1. The first kappa shape index (κ1) is 23.8. The van der Waals surface area contributed by atoms with E-state index in [1.807, 2.05) is 0 Å². The van der Waals surface area contributed by atoms with Crippen LogP contribution in [0, 0.1) is 0 Å². The molecule has 0 spiro atoms. The molecule has 2 aromatic carbocycles. The van der Waals surface area contributed by atoms with E-state index < -0.39 is 29.6 Å². The van der Waals surface area contributed by atoms with Gasteiger partial charge in [0.25, 0.3) is 11.1 Å². The van der Waals surface area contributed by atoms with Gasteiger partial charge < -0.3 is 9.47 Å². The largest absolute Gasteiger partial charge is 0.462 e. The molecule has 32 heavy (non-hydrogen) atoms. The number of carbonyl (C=O) groups excluding carboxylic acids is 4. The number of hydrogen-bond acceptors (Lipinski definition) is 7. The first-order chi connectivity index (χ1) is 15.1. The van der Waals surface area contributed by atoms with Crippen LogP contribution < -0.4 is 4.74 Å². The number of amides is 2. The molecule has 0 N–H and O–H groups in total. The molecule has 7 nitrogen and oxygen atoms in total. The van der Waals surface area contributed by atoms with E-state index in [4.69, 9.17) is 32.7 Å². The van der Waals surface area contributed by atoms with Crippen LogP contribution in [0.15, 0.2) is 47.4 Å². The fourth-order valence-electron chi connectivity index (χ4n) is 2.68. The summed E-state index contributed by atoms with van der Waals surface area (Å²) < 4.78 is 10.4. The Morgan fingerprint density at radius 1 is 1.06 bits per heavy atom. The van der Waals surface area contributed by atoms with Crippen molar-refractivity contribution in [1.82, 2.24) is 4.90 Å². The van der Waals surface area contributed by atoms with Gasteiger partial charge in [-0.3, -0.25) is 19.3 Å². The summed E-state index contributed by atoms with van der Waals surface area (Å²) in [5, 5.41) is 0.202. The van der Waals surface area contributed by atoms with E-state index in [1.54, 1.807) is 26.0 Å². The number of benzene rings is 2. The highest BCUT2D eigenvalue weighted by molar-refractivity contribution is 8.18. The number of nitrogens with zero attached hydrogens (tertiary/aromatic N) is 1. The Morgan fingerprint density at radius 2 is 1.72 bits per heavy atom. The minimum absolute atomic E-state index is 0.0541. The topological polar surface area (TPSA) is 90.0 Å². The van der Waals surface area contributed by atoms with Crippen LogP contribution in [0.1, 0.15) is 29.8 Å². The molecule has 1 aliphatic heterocycles. The molecule has 2 aromatic rings. The smallest absolute Gasteiger partial charge is 0.343 e. The third-order valence-corrected chi connectivity index (χ3v) is 5.46. The van der Waals surface area contributed by atoms with Crippen LogP contribution >= 0.6 is 35.0 Å². The molecule has 0 aliphatic carbocycles. The number of rotatable bonds is 6. The normalized spacial score (nSPS) is 14.9. The van der Waals surface area contributed by atoms with Crippen LogP contribution in [0.2, 0.25) is 10.0 Å². The predicted octanol–water partition coefficient (Wildman–Crippen LogP) is 5.20. The Kier molecular flexibility index (Phi) is 7.60. The molecule has 1 fully saturated rings. The van der Waals surface area contributed by atoms with Crippen LogP contribution in [0.4, 0.5) is 4.79 Å². The average Bonchev–Trinajstić information content (AvgIpc) is 2.97. The molecular weight excluding hydrogens is 477 g/mol. The first-order valence-corrected chi connectivity index (χ1v) is 10.9. The van der Waals surface area contributed by atoms with Gasteiger partial charge in [-0.15, -0.1) is 0 Å². The zero-order chi connectivity index (χ0) is 23.4. The molecule has 0 aromatic heterocycles. The number of halogens is 2. The highest BCUT2D eigenvalue weighted by atomic mass is 35.5. The summed E-state index contributed by atoms with van der Waals surface area (Å²) >= 11 is 12.6. The molecule has 1 aliphatic rings. The lowest BCUT2D eigenvalue weighted by molar-refractivity contribution is -0.149. The van der Waals surface area contributed by atoms with Crippen molar-refractivity contribution < 1.29 is 28.7 Å². The van der Waals surface area contributed by atoms with Gasteiger partial charge in [-0.05, 0) is 74.1 Å². The fourth-order valence-corrected chi connectivity index (χ4v) is 3.81. The number of carbonyl (C=O) groups is 4. The molecule has 2 amide bonds. The van der Waals surface area contributed by atoms with Crippen LogP contribution in [-0.4, -0.2) is 40.6 Å². The molecule has 1 saturated heterocycles. The highest BCUT2D eigenvalue weighted by Crippen LogP contribution is 2.35. The molecule has 0 saturated carbocycles. The monoisotopic (exact) mass is 493 g/mol. The molecular formula is C22H17Cl2NO6S.